The molecule has 27 heteroatoms. The topological polar surface area (TPSA) is 398 Å². The molecule has 26 nitrogen and oxygen atoms in total. The number of thioether (sulfide) groups is 1. The lowest BCUT2D eigenvalue weighted by molar-refractivity contribution is -0.143. The van der Waals surface area contributed by atoms with Crippen LogP contribution in [0, 0.1) is 111 Å². The number of hydrogen-bond donors (Lipinski definition) is 9. The molecule has 6 aromatic rings. The summed E-state index contributed by atoms with van der Waals surface area (Å²) < 4.78 is 5.37. The quantitative estimate of drug-likeness (QED) is 0.0160. The lowest BCUT2D eigenvalue weighted by Gasteiger charge is -2.32. The summed E-state index contributed by atoms with van der Waals surface area (Å²) in [6.45, 7) is 38.0. The van der Waals surface area contributed by atoms with E-state index < -0.39 is 64.5 Å². The number of amides is 7. The summed E-state index contributed by atoms with van der Waals surface area (Å²) in [7, 11) is 10.7. The molecule has 4 aromatic carbocycles. The maximum Gasteiger partial charge on any atom is 0.249 e. The van der Waals surface area contributed by atoms with Gasteiger partial charge in [-0.3, -0.25) is 71.9 Å². The SMILES string of the molecule is CNC(=O)C[C@@H](CC(C)C)C(=O)C[C@@H](Cc1c[nH]c2ccccc12)C(C)=O.CNC(=O)[C@@H](C)[C@@H](CC(C)C)C(=O)C[C@@H](Cc1ccccc1)C(C)=O.CNC(=O)[C@@H](CSc1ccccc1)[C@@H](CC(C)C)C(=O)C[C@@H](Cc1ccccc1)C(C)=O.CNC(=O)[C@@H](O)[C@H](CC(C)C)C(=O)C[C@H](C(=O)NC)C(C)(C)C.CNC(=O)[C@@H](OC)[C@@H](CC(C)C)C(=O)C[C@H](C(=O)Nc1ccccn1)C(C)(C)C. The minimum atomic E-state index is -1.39. The van der Waals surface area contributed by atoms with E-state index in [-0.39, 0.29) is 173 Å². The van der Waals surface area contributed by atoms with Crippen LogP contribution in [0.2, 0.25) is 0 Å². The van der Waals surface area contributed by atoms with Crippen molar-refractivity contribution in [2.75, 3.05) is 60.5 Å². The first-order valence-electron chi connectivity index (χ1n) is 48.0. The van der Waals surface area contributed by atoms with Crippen LogP contribution in [0.3, 0.4) is 0 Å². The van der Waals surface area contributed by atoms with Crippen molar-refractivity contribution in [1.82, 2.24) is 41.9 Å². The summed E-state index contributed by atoms with van der Waals surface area (Å²) in [5.41, 5.74) is 3.32. The lowest BCUT2D eigenvalue weighted by atomic mass is 9.74. The first-order chi connectivity index (χ1) is 63.8. The Morgan fingerprint density at radius 3 is 1.22 bits per heavy atom. The van der Waals surface area contributed by atoms with Gasteiger partial charge in [-0.05, 0) is 160 Å². The third-order valence-electron chi connectivity index (χ3n) is 24.6. The average Bonchev–Trinajstić information content (AvgIpc) is 1.76. The molecule has 0 aliphatic carbocycles. The number of fused-ring (bicyclic) bond motifs is 1. The number of ketones is 8. The van der Waals surface area contributed by atoms with E-state index in [1.807, 2.05) is 218 Å². The molecule has 136 heavy (non-hydrogen) atoms. The van der Waals surface area contributed by atoms with Gasteiger partial charge < -0.3 is 52.0 Å². The van der Waals surface area contributed by atoms with Gasteiger partial charge in [-0.15, -0.1) is 11.8 Å². The van der Waals surface area contributed by atoms with Crippen molar-refractivity contribution in [2.45, 2.75) is 245 Å². The Morgan fingerprint density at radius 1 is 0.390 bits per heavy atom. The minimum absolute atomic E-state index is 0.00680. The fourth-order valence-corrected chi connectivity index (χ4v) is 17.7. The largest absolute Gasteiger partial charge is 0.383 e. The van der Waals surface area contributed by atoms with E-state index in [1.54, 1.807) is 85.0 Å². The molecule has 0 aliphatic rings. The summed E-state index contributed by atoms with van der Waals surface area (Å²) >= 11 is 1.59. The zero-order valence-corrected chi connectivity index (χ0v) is 87.1. The number of aliphatic hydroxyl groups is 1. The van der Waals surface area contributed by atoms with Gasteiger partial charge in [0.2, 0.25) is 41.4 Å². The molecule has 0 spiro atoms. The number of carbonyl (C=O) groups excluding carboxylic acids is 15. The fourth-order valence-electron chi connectivity index (χ4n) is 16.6. The average molecular weight is 1900 g/mol. The van der Waals surface area contributed by atoms with Gasteiger partial charge in [-0.2, -0.15) is 0 Å². The second-order valence-electron chi connectivity index (χ2n) is 40.1. The predicted octanol–water partition coefficient (Wildman–Crippen LogP) is 16.5. The number of aromatic amines is 1. The highest BCUT2D eigenvalue weighted by atomic mass is 32.2. The van der Waals surface area contributed by atoms with Crippen molar-refractivity contribution < 1.29 is 81.8 Å². The monoisotopic (exact) mass is 1900 g/mol. The second-order valence-corrected chi connectivity index (χ2v) is 41.2. The van der Waals surface area contributed by atoms with Crippen molar-refractivity contribution in [2.24, 2.45) is 111 Å². The van der Waals surface area contributed by atoms with Gasteiger partial charge >= 0.3 is 0 Å². The van der Waals surface area contributed by atoms with Crippen molar-refractivity contribution in [3.63, 3.8) is 0 Å². The third kappa shape index (κ3) is 44.3. The number of benzene rings is 4. The van der Waals surface area contributed by atoms with E-state index in [2.05, 4.69) is 61.0 Å². The van der Waals surface area contributed by atoms with Crippen LogP contribution in [0.5, 0.6) is 0 Å². The van der Waals surface area contributed by atoms with Crippen molar-refractivity contribution >= 4 is 116 Å². The fraction of sp³-hybridized carbons (Fsp3) is 0.578. The molecular formula is C109H163N9O17S. The zero-order valence-electron chi connectivity index (χ0n) is 86.3. The van der Waals surface area contributed by atoms with E-state index >= 15 is 0 Å². The molecule has 14 atom stereocenters. The summed E-state index contributed by atoms with van der Waals surface area (Å²) in [6.07, 6.45) is 6.49. The second kappa shape index (κ2) is 62.4. The van der Waals surface area contributed by atoms with Crippen LogP contribution in [0.25, 0.3) is 10.9 Å². The highest BCUT2D eigenvalue weighted by Crippen LogP contribution is 2.37. The third-order valence-corrected chi connectivity index (χ3v) is 25.7. The Balaban J connectivity index is 0.000000578. The molecule has 0 saturated heterocycles. The molecule has 2 heterocycles. The van der Waals surface area contributed by atoms with Gasteiger partial charge in [0.25, 0.3) is 0 Å². The number of hydrogen-bond acceptors (Lipinski definition) is 19. The Bertz CT molecular complexity index is 4720. The number of pyridine rings is 1. The number of carbonyl (C=O) groups is 15. The predicted molar refractivity (Wildman–Crippen MR) is 542 cm³/mol. The van der Waals surface area contributed by atoms with Crippen LogP contribution in [0.15, 0.2) is 151 Å². The zero-order chi connectivity index (χ0) is 103. The molecule has 9 N–H and O–H groups in total. The number of Topliss-reactive ketones (excluding diaryl/α,β-unsaturated/α-hetero) is 8. The van der Waals surface area contributed by atoms with Gasteiger partial charge in [0, 0.05) is 169 Å². The van der Waals surface area contributed by atoms with Crippen LogP contribution in [0.1, 0.15) is 226 Å². The van der Waals surface area contributed by atoms with Crippen molar-refractivity contribution in [1.29, 1.82) is 0 Å². The highest BCUT2D eigenvalue weighted by Gasteiger charge is 2.43. The molecule has 0 fully saturated rings. The first kappa shape index (κ1) is 122. The van der Waals surface area contributed by atoms with Crippen molar-refractivity contribution in [3.05, 3.63) is 163 Å². The van der Waals surface area contributed by atoms with Gasteiger partial charge in [0.05, 0.1) is 23.7 Å². The molecule has 6 rings (SSSR count). The lowest BCUT2D eigenvalue weighted by Crippen LogP contribution is -2.44. The number of nitrogens with zero attached hydrogens (tertiary/aromatic N) is 1. The summed E-state index contributed by atoms with van der Waals surface area (Å²) in [4.78, 5) is 196. The summed E-state index contributed by atoms with van der Waals surface area (Å²) in [5, 5.41) is 29.6. The number of methoxy groups -OCH3 is 1. The summed E-state index contributed by atoms with van der Waals surface area (Å²) in [6, 6.07) is 42.6. The molecule has 2 aromatic heterocycles. The van der Waals surface area contributed by atoms with Crippen LogP contribution < -0.4 is 37.2 Å². The van der Waals surface area contributed by atoms with E-state index in [1.165, 1.54) is 28.3 Å². The number of likely N-dealkylation sites (N-methyl/N-ethyl adjacent to an activating group) is 2. The van der Waals surface area contributed by atoms with Gasteiger partial charge in [-0.1, -0.05) is 221 Å². The molecule has 7 amide bonds. The molecule has 0 saturated carbocycles. The molecule has 0 radical (unpaired) electrons. The minimum Gasteiger partial charge on any atom is -0.383 e. The van der Waals surface area contributed by atoms with E-state index in [9.17, 15) is 77.0 Å². The molecule has 752 valence electrons. The Morgan fingerprint density at radius 2 is 0.787 bits per heavy atom. The molecule has 0 unspecified atom stereocenters. The van der Waals surface area contributed by atoms with Crippen LogP contribution in [0.4, 0.5) is 5.82 Å². The Hall–Kier alpha value is -10.5. The number of ether oxygens (including phenoxy) is 1. The maximum atomic E-state index is 13.5. The number of H-pyrrole nitrogens is 1. The van der Waals surface area contributed by atoms with E-state index in [0.717, 1.165) is 32.5 Å². The van der Waals surface area contributed by atoms with Crippen LogP contribution in [-0.2, 0) is 95.9 Å². The molecule has 0 aliphatic heterocycles. The van der Waals surface area contributed by atoms with E-state index in [4.69, 9.17) is 4.74 Å². The normalized spacial score (nSPS) is 14.4. The first-order valence-corrected chi connectivity index (χ1v) is 49.0. The van der Waals surface area contributed by atoms with Gasteiger partial charge in [0.1, 0.15) is 64.3 Å². The standard InChI is InChI=1S/C27H35NO3S.C22H35N3O4.C22H30N2O3.C21H31NO3.C17H32N2O4/c1-19(2)15-24(25(27(31)28-4)18-32-23-13-9-6-10-14-23)26(30)17-22(20(3)29)16-21-11-7-5-8-12-21;1-14(2)12-15(19(29-7)21(28)23-6)17(26)13-16(22(3,4)5)20(27)25-18-10-8-9-11-24-18;1-14(2)9-17(12-22(27)23-4)21(26)11-16(15(3)25)10-18-13-24-20-8-6-5-7-19(18)20;1-14(2)11-19(15(3)21(25)22-5)20(24)13-18(16(4)23)12-17-9-7-6-8-10-17;1-10(2)8-11(14(21)16(23)19-7)13(20)9-12(15(22)18-6)17(3,4)5/h5-14,19,22,24-25H,15-18H2,1-4H3,(H,28,31);8-11,14-16,19H,12-13H2,1-7H3,(H,23,28)(H,24,25,27);5-8,13-14,16-17,24H,9-12H2,1-4H3,(H,23,27);6-10,14-15,18-19H,11-13H2,1-5H3,(H,22,25);10-12,14,21H,8-9H2,1-7H3,(H,18,22)(H,19,23)/t22-,24-,25+;15-,16+,19-;16-,17-;15-,18+,19+;11-,12-,14+/m10101/s1. The Kier molecular flexibility index (Phi) is 55.7. The maximum absolute atomic E-state index is 13.5. The number of aliphatic hydroxyl groups excluding tert-OH is 1. The number of rotatable bonds is 51. The van der Waals surface area contributed by atoms with Crippen LogP contribution >= 0.6 is 11.8 Å². The van der Waals surface area contributed by atoms with Crippen molar-refractivity contribution in [3.8, 4) is 0 Å². The number of nitrogens with one attached hydrogen (secondary N) is 8. The number of para-hydroxylation sites is 1. The smallest absolute Gasteiger partial charge is 0.249 e. The highest BCUT2D eigenvalue weighted by molar-refractivity contribution is 7.99. The van der Waals surface area contributed by atoms with Gasteiger partial charge in [0.15, 0.2) is 0 Å². The van der Waals surface area contributed by atoms with E-state index in [0.29, 0.717) is 74.8 Å². The summed E-state index contributed by atoms with van der Waals surface area (Å²) in [5.74, 6) is -5.36. The number of anilines is 1. The number of aromatic nitrogens is 2. The van der Waals surface area contributed by atoms with Gasteiger partial charge in [-0.25, -0.2) is 4.98 Å². The molecular weight excluding hydrogens is 1740 g/mol. The molecule has 0 bridgehead atoms. The Labute approximate surface area is 815 Å². The van der Waals surface area contributed by atoms with Crippen LogP contribution in [-0.4, -0.2) is 170 Å².